The Morgan fingerprint density at radius 2 is 1.88 bits per heavy atom. The maximum Gasteiger partial charge on any atom is 0.140 e. The van der Waals surface area contributed by atoms with Crippen LogP contribution in [0.25, 0.3) is 0 Å². The van der Waals surface area contributed by atoms with Crippen molar-refractivity contribution in [2.45, 2.75) is 70.9 Å². The van der Waals surface area contributed by atoms with Crippen molar-refractivity contribution < 1.29 is 5.21 Å². The molecule has 0 bridgehead atoms. The topological polar surface area (TPSA) is 70.6 Å². The molecule has 1 aliphatic rings. The predicted molar refractivity (Wildman–Crippen MR) is 71.3 cm³/mol. The average Bonchev–Trinajstić information content (AvgIpc) is 2.57. The summed E-state index contributed by atoms with van der Waals surface area (Å²) < 4.78 is 0. The molecule has 0 radical (unpaired) electrons. The van der Waals surface area contributed by atoms with Crippen molar-refractivity contribution >= 4 is 5.84 Å². The van der Waals surface area contributed by atoms with E-state index >= 15 is 0 Å². The van der Waals surface area contributed by atoms with Crippen molar-refractivity contribution in [3.8, 4) is 0 Å². The number of rotatable bonds is 5. The van der Waals surface area contributed by atoms with Crippen LogP contribution in [-0.4, -0.2) is 23.1 Å². The Morgan fingerprint density at radius 1 is 1.29 bits per heavy atom. The Kier molecular flexibility index (Phi) is 6.34. The highest BCUT2D eigenvalue weighted by Crippen LogP contribution is 2.25. The van der Waals surface area contributed by atoms with E-state index in [1.807, 2.05) is 0 Å². The molecule has 0 aromatic carbocycles. The van der Waals surface area contributed by atoms with Gasteiger partial charge < -0.3 is 16.3 Å². The van der Waals surface area contributed by atoms with Crippen molar-refractivity contribution in [2.75, 3.05) is 0 Å². The number of nitrogens with one attached hydrogen (secondary N) is 1. The van der Waals surface area contributed by atoms with Gasteiger partial charge in [-0.05, 0) is 32.6 Å². The van der Waals surface area contributed by atoms with Crippen LogP contribution in [0.2, 0.25) is 0 Å². The van der Waals surface area contributed by atoms with E-state index in [2.05, 4.69) is 24.3 Å². The van der Waals surface area contributed by atoms with Crippen LogP contribution in [0.3, 0.4) is 0 Å². The predicted octanol–water partition coefficient (Wildman–Crippen LogP) is 2.46. The molecule has 0 spiro atoms. The second-order valence-corrected chi connectivity index (χ2v) is 5.40. The summed E-state index contributed by atoms with van der Waals surface area (Å²) in [6.45, 7) is 4.35. The number of nitrogens with two attached hydrogens (primary N) is 1. The van der Waals surface area contributed by atoms with Crippen LogP contribution in [0.5, 0.6) is 0 Å². The van der Waals surface area contributed by atoms with Crippen molar-refractivity contribution in [3.05, 3.63) is 0 Å². The Bertz CT molecular complexity index is 235. The largest absolute Gasteiger partial charge is 0.409 e. The molecule has 0 aromatic heterocycles. The fraction of sp³-hybridized carbons (Fsp3) is 0.923. The second kappa shape index (κ2) is 7.54. The van der Waals surface area contributed by atoms with Gasteiger partial charge in [0, 0.05) is 18.5 Å². The van der Waals surface area contributed by atoms with Gasteiger partial charge in [0.1, 0.15) is 5.84 Å². The van der Waals surface area contributed by atoms with Crippen molar-refractivity contribution in [2.24, 2.45) is 16.8 Å². The number of oxime groups is 1. The molecule has 1 saturated carbocycles. The van der Waals surface area contributed by atoms with Gasteiger partial charge in [0.15, 0.2) is 0 Å². The van der Waals surface area contributed by atoms with Crippen molar-refractivity contribution in [1.29, 1.82) is 0 Å². The summed E-state index contributed by atoms with van der Waals surface area (Å²) in [5.41, 5.74) is 5.51. The van der Waals surface area contributed by atoms with E-state index in [1.54, 1.807) is 0 Å². The van der Waals surface area contributed by atoms with Gasteiger partial charge in [-0.25, -0.2) is 0 Å². The third-order valence-electron chi connectivity index (χ3n) is 3.80. The molecule has 0 aromatic rings. The van der Waals surface area contributed by atoms with E-state index in [0.717, 1.165) is 5.92 Å². The summed E-state index contributed by atoms with van der Waals surface area (Å²) in [5.74, 6) is 1.09. The smallest absolute Gasteiger partial charge is 0.140 e. The summed E-state index contributed by atoms with van der Waals surface area (Å²) in [4.78, 5) is 0. The van der Waals surface area contributed by atoms with Crippen molar-refractivity contribution in [3.63, 3.8) is 0 Å². The van der Waals surface area contributed by atoms with Gasteiger partial charge in [-0.15, -0.1) is 0 Å². The monoisotopic (exact) mass is 241 g/mol. The third-order valence-corrected chi connectivity index (χ3v) is 3.80. The first kappa shape index (κ1) is 14.3. The molecule has 1 aliphatic carbocycles. The molecule has 1 fully saturated rings. The quantitative estimate of drug-likeness (QED) is 0.228. The minimum Gasteiger partial charge on any atom is -0.409 e. The van der Waals surface area contributed by atoms with Crippen molar-refractivity contribution in [1.82, 2.24) is 5.32 Å². The van der Waals surface area contributed by atoms with Gasteiger partial charge in [0.2, 0.25) is 0 Å². The molecule has 0 saturated heterocycles. The standard InChI is InChI=1S/C13H27N3O/c1-10(9-13(14)16-17)15-11(2)12-7-5-3-4-6-8-12/h10-12,15,17H,3-9H2,1-2H3,(H2,14,16)/t10?,11-/m0/s1. The highest BCUT2D eigenvalue weighted by Gasteiger charge is 2.20. The van der Waals surface area contributed by atoms with Crippen LogP contribution in [0.4, 0.5) is 0 Å². The first-order valence-corrected chi connectivity index (χ1v) is 6.86. The first-order chi connectivity index (χ1) is 8.13. The van der Waals surface area contributed by atoms with Gasteiger partial charge in [-0.2, -0.15) is 0 Å². The van der Waals surface area contributed by atoms with Gasteiger partial charge in [-0.1, -0.05) is 30.8 Å². The van der Waals surface area contributed by atoms with E-state index < -0.39 is 0 Å². The van der Waals surface area contributed by atoms with E-state index in [9.17, 15) is 0 Å². The summed E-state index contributed by atoms with van der Waals surface area (Å²) in [7, 11) is 0. The number of hydrogen-bond donors (Lipinski definition) is 3. The van der Waals surface area contributed by atoms with Crippen LogP contribution >= 0.6 is 0 Å². The average molecular weight is 241 g/mol. The van der Waals surface area contributed by atoms with Crippen LogP contribution in [0, 0.1) is 5.92 Å². The lowest BCUT2D eigenvalue weighted by Crippen LogP contribution is -2.41. The fourth-order valence-corrected chi connectivity index (χ4v) is 2.81. The zero-order valence-corrected chi connectivity index (χ0v) is 11.2. The zero-order chi connectivity index (χ0) is 12.7. The number of hydrogen-bond acceptors (Lipinski definition) is 3. The van der Waals surface area contributed by atoms with Gasteiger partial charge in [0.05, 0.1) is 0 Å². The van der Waals surface area contributed by atoms with E-state index in [4.69, 9.17) is 10.9 Å². The molecule has 0 aliphatic heterocycles. The molecule has 4 heteroatoms. The zero-order valence-electron chi connectivity index (χ0n) is 11.2. The fourth-order valence-electron chi connectivity index (χ4n) is 2.81. The molecule has 1 rings (SSSR count). The van der Waals surface area contributed by atoms with E-state index in [-0.39, 0.29) is 6.04 Å². The van der Waals surface area contributed by atoms with Gasteiger partial charge in [0.25, 0.3) is 0 Å². The minimum atomic E-state index is 0.268. The van der Waals surface area contributed by atoms with E-state index in [1.165, 1.54) is 38.5 Å². The Balaban J connectivity index is 2.33. The lowest BCUT2D eigenvalue weighted by molar-refractivity contribution is 0.306. The number of amidine groups is 1. The molecule has 4 nitrogen and oxygen atoms in total. The third kappa shape index (κ3) is 5.39. The van der Waals surface area contributed by atoms with Crippen LogP contribution in [0.15, 0.2) is 5.16 Å². The molecule has 17 heavy (non-hydrogen) atoms. The molecule has 1 unspecified atom stereocenters. The molecular weight excluding hydrogens is 214 g/mol. The summed E-state index contributed by atoms with van der Waals surface area (Å²) >= 11 is 0. The molecule has 2 atom stereocenters. The molecular formula is C13H27N3O. The number of nitrogens with zero attached hydrogens (tertiary/aromatic N) is 1. The molecule has 100 valence electrons. The van der Waals surface area contributed by atoms with E-state index in [0.29, 0.717) is 18.3 Å². The highest BCUT2D eigenvalue weighted by molar-refractivity contribution is 5.80. The van der Waals surface area contributed by atoms with Gasteiger partial charge in [-0.3, -0.25) is 0 Å². The van der Waals surface area contributed by atoms with Crippen LogP contribution in [-0.2, 0) is 0 Å². The molecule has 4 N–H and O–H groups in total. The van der Waals surface area contributed by atoms with Gasteiger partial charge >= 0.3 is 0 Å². The lowest BCUT2D eigenvalue weighted by Gasteiger charge is -2.27. The summed E-state index contributed by atoms with van der Waals surface area (Å²) in [6, 6.07) is 0.791. The first-order valence-electron chi connectivity index (χ1n) is 6.86. The summed E-state index contributed by atoms with van der Waals surface area (Å²) in [6.07, 6.45) is 8.80. The SMILES string of the molecule is CC(CC(N)=NO)N[C@@H](C)C1CCCCCC1. The van der Waals surface area contributed by atoms with Crippen LogP contribution in [0.1, 0.15) is 58.8 Å². The second-order valence-electron chi connectivity index (χ2n) is 5.40. The minimum absolute atomic E-state index is 0.268. The normalized spacial score (nSPS) is 23.1. The highest BCUT2D eigenvalue weighted by atomic mass is 16.4. The van der Waals surface area contributed by atoms with Crippen LogP contribution < -0.4 is 11.1 Å². The maximum absolute atomic E-state index is 8.54. The Morgan fingerprint density at radius 3 is 2.41 bits per heavy atom. The lowest BCUT2D eigenvalue weighted by atomic mass is 9.92. The summed E-state index contributed by atoms with van der Waals surface area (Å²) in [5, 5.41) is 15.1. The Hall–Kier alpha value is -0.770. The Labute approximate surface area is 105 Å². The maximum atomic E-state index is 8.54. The molecule has 0 heterocycles. The molecule has 0 amide bonds.